The average molecular weight is 1940 g/mol. The summed E-state index contributed by atoms with van der Waals surface area (Å²) in [5.74, 6) is -6.70. The zero-order valence-corrected chi connectivity index (χ0v) is 79.6. The van der Waals surface area contributed by atoms with E-state index < -0.39 is 90.0 Å². The Kier molecular flexibility index (Phi) is 48.6. The summed E-state index contributed by atoms with van der Waals surface area (Å²) in [5.41, 5.74) is 4.07. The molecule has 760 valence electrons. The maximum absolute atomic E-state index is 12.0. The minimum absolute atomic E-state index is 0.00157. The third-order valence-corrected chi connectivity index (χ3v) is 23.5. The maximum Gasteiger partial charge on any atom is 0.328 e. The molecule has 0 saturated carbocycles. The molecule has 138 heavy (non-hydrogen) atoms. The van der Waals surface area contributed by atoms with Gasteiger partial charge in [-0.05, 0) is 97.0 Å². The third kappa shape index (κ3) is 37.2. The molecule has 43 heteroatoms. The van der Waals surface area contributed by atoms with E-state index in [1.54, 1.807) is 94.1 Å². The van der Waals surface area contributed by atoms with Crippen LogP contribution in [0.25, 0.3) is 23.1 Å². The number of carboxylic acid groups (broad SMARTS) is 7. The van der Waals surface area contributed by atoms with Crippen molar-refractivity contribution < 1.29 is 152 Å². The van der Waals surface area contributed by atoms with Gasteiger partial charge in [-0.3, -0.25) is 62.9 Å². The summed E-state index contributed by atoms with van der Waals surface area (Å²) in [6, 6.07) is 15.6. The highest BCUT2D eigenvalue weighted by molar-refractivity contribution is 6.02. The predicted octanol–water partition coefficient (Wildman–Crippen LogP) is 4.12. The topological polar surface area (TPSA) is 617 Å². The molecular weight excluding hydrogens is 1810 g/mol. The molecule has 8 saturated heterocycles. The van der Waals surface area contributed by atoms with Crippen LogP contribution in [0, 0.1) is 5.92 Å². The van der Waals surface area contributed by atoms with Crippen molar-refractivity contribution >= 4 is 130 Å². The van der Waals surface area contributed by atoms with Gasteiger partial charge in [0.2, 0.25) is 65.0 Å². The monoisotopic (exact) mass is 1940 g/mol. The number of aromatic nitrogens is 1. The molecule has 0 spiro atoms. The number of phenolic OH excluding ortho intramolecular Hbond substituents is 1. The highest BCUT2D eigenvalue weighted by atomic mass is 16.5. The number of H-pyrrole nitrogens is 1. The lowest BCUT2D eigenvalue weighted by atomic mass is 9.96. The molecule has 0 radical (unpaired) electrons. The number of fused-ring (bicyclic) bond motifs is 3. The zero-order valence-electron chi connectivity index (χ0n) is 79.6. The number of aromatic hydroxyl groups is 1. The van der Waals surface area contributed by atoms with E-state index in [1.807, 2.05) is 54.5 Å². The number of imide groups is 1. The van der Waals surface area contributed by atoms with Crippen LogP contribution >= 0.6 is 0 Å². The van der Waals surface area contributed by atoms with Crippen LogP contribution in [0.1, 0.15) is 194 Å². The number of phenols is 1. The largest absolute Gasteiger partial charge is 0.508 e. The SMILES string of the molecule is CCC(=O)N1CC(=O)NC(=O)C1.CCC(=O)N1CCC(C(=O)O)CC1.CCC(=O)N1CCC(O)CC1.CCC(=O)N1CCNCC1.CCC(=O)N1CC[C@H](Oc2ccc(/C=C/C(=O)O)cc2)C1.CCC(=O)N1C[C@@H](O)C[C@H]1C(=O)O.CCC(=O)N1C[C@H](O)C[C@H]1C(=O)O.CCC(=O)N1C[C@H](Oc2ccc(/C=C/C(=O)O)cc2)C[C@H]1C(=O)O.CCC(=O)N1Cc2[nH]c3ccc(O)cc3c2C[C@H]1C(=O)O. The van der Waals surface area contributed by atoms with Crippen LogP contribution in [0.4, 0.5) is 0 Å². The Morgan fingerprint density at radius 1 is 0.377 bits per heavy atom. The number of likely N-dealkylation sites (tertiary alicyclic amines) is 6. The van der Waals surface area contributed by atoms with Gasteiger partial charge >= 0.3 is 41.8 Å². The Balaban J connectivity index is 0.000000278. The van der Waals surface area contributed by atoms with Crippen LogP contribution in [-0.2, 0) is 99.3 Å². The van der Waals surface area contributed by atoms with Crippen molar-refractivity contribution in [1.82, 2.24) is 59.7 Å². The van der Waals surface area contributed by atoms with Crippen LogP contribution in [-0.4, -0.2) is 365 Å². The Morgan fingerprint density at radius 2 is 0.746 bits per heavy atom. The molecule has 8 atom stereocenters. The van der Waals surface area contributed by atoms with Gasteiger partial charge in [-0.1, -0.05) is 86.6 Å². The molecule has 4 aromatic rings. The van der Waals surface area contributed by atoms with Crippen LogP contribution in [0.5, 0.6) is 17.2 Å². The molecule has 8 fully saturated rings. The molecule has 0 aliphatic carbocycles. The summed E-state index contributed by atoms with van der Waals surface area (Å²) in [6.45, 7) is 24.4. The van der Waals surface area contributed by atoms with E-state index >= 15 is 0 Å². The van der Waals surface area contributed by atoms with Gasteiger partial charge in [0.1, 0.15) is 66.7 Å². The van der Waals surface area contributed by atoms with Crippen LogP contribution in [0.2, 0.25) is 0 Å². The number of rotatable bonds is 22. The molecule has 0 unspecified atom stereocenters. The standard InChI is InChI=1S/C17H19NO6.C16H19NO4.C15H16N2O4.C9H15NO3.2C8H13NO4.C8H15NO2.C7H10N2O3.C7H14N2O/c1-2-15(19)18-10-13(9-14(18)17(22)23)24-12-6-3-11(4-7-12)5-8-16(20)21;1-2-15(18)17-10-9-14(11-17)21-13-6-3-12(4-7-13)5-8-16(19)20;1-2-14(19)17-7-12-10(6-13(17)15(20)21)9-5-8(18)3-4-11(9)16-12;1-2-8(11)10-5-3-7(4-6-10)9(12)13;2*1-2-7(11)9-4-5(10)3-6(9)8(12)13;1-2-8(11)9-5-3-7(10)4-6-9;1-2-7(12)9-3-5(10)8-6(11)4-9;1-2-7(10)9-5-3-8-4-6-9/h3-8,13-14H,2,9-10H2,1H3,(H,20,21)(H,22,23);3-8,14H,2,9-11H2,1H3,(H,19,20);3-5,13,16,18H,2,6-7H2,1H3,(H,20,21);7H,2-6H2,1H3,(H,12,13);2*5-6,10H,2-4H2,1H3,(H,12,13);7,10H,2-6H2,1H3;2-4H2,1H3,(H,8,10,11);8H,2-6H2,1H3/b2*8-5+;;;;;;;/t13-,14+;14-;13-;;5-,6+;5-,6-;;;/m100.10.../s1. The number of aliphatic carboxylic acids is 7. The lowest BCUT2D eigenvalue weighted by molar-refractivity contribution is -0.151. The fourth-order valence-electron chi connectivity index (χ4n) is 16.0. The highest BCUT2D eigenvalue weighted by Crippen LogP contribution is 2.34. The van der Waals surface area contributed by atoms with E-state index in [9.17, 15) is 112 Å². The molecule has 9 aliphatic heterocycles. The van der Waals surface area contributed by atoms with Gasteiger partial charge in [-0.2, -0.15) is 0 Å². The molecule has 13 rings (SSSR count). The summed E-state index contributed by atoms with van der Waals surface area (Å²) < 4.78 is 11.6. The number of amides is 11. The number of aliphatic hydroxyl groups excluding tert-OH is 3. The second-order valence-electron chi connectivity index (χ2n) is 33.3. The van der Waals surface area contributed by atoms with Gasteiger partial charge in [0, 0.05) is 191 Å². The molecule has 1 aromatic heterocycles. The van der Waals surface area contributed by atoms with Gasteiger partial charge in [0.15, 0.2) is 0 Å². The lowest BCUT2D eigenvalue weighted by Gasteiger charge is -2.33. The van der Waals surface area contributed by atoms with E-state index in [1.165, 1.54) is 36.7 Å². The van der Waals surface area contributed by atoms with Gasteiger partial charge in [0.25, 0.3) is 0 Å². The Labute approximate surface area is 799 Å². The lowest BCUT2D eigenvalue weighted by Crippen LogP contribution is -2.53. The van der Waals surface area contributed by atoms with Crippen molar-refractivity contribution in [3.63, 3.8) is 0 Å². The second kappa shape index (κ2) is 58.2. The van der Waals surface area contributed by atoms with Crippen molar-refractivity contribution in [2.45, 2.75) is 239 Å². The van der Waals surface area contributed by atoms with E-state index in [2.05, 4.69) is 15.6 Å². The number of β-amino-alcohol motifs (C(OH)–C–C–N with tert-alkyl or cyclic N) is 2. The normalized spacial score (nSPS) is 20.5. The smallest absolute Gasteiger partial charge is 0.328 e. The first kappa shape index (κ1) is 115. The maximum atomic E-state index is 12.0. The highest BCUT2D eigenvalue weighted by Gasteiger charge is 2.43. The van der Waals surface area contributed by atoms with Gasteiger partial charge in [0.05, 0.1) is 43.9 Å². The molecule has 43 nitrogen and oxygen atoms in total. The summed E-state index contributed by atoms with van der Waals surface area (Å²) in [7, 11) is 0. The van der Waals surface area contributed by atoms with E-state index in [-0.39, 0.29) is 174 Å². The molecule has 10 heterocycles. The minimum Gasteiger partial charge on any atom is -0.508 e. The summed E-state index contributed by atoms with van der Waals surface area (Å²) in [5, 5.41) is 105. The Bertz CT molecular complexity index is 4800. The molecule has 11 amide bonds. The number of nitrogens with one attached hydrogen (secondary N) is 3. The van der Waals surface area contributed by atoms with Gasteiger partial charge < -0.3 is 120 Å². The first-order valence-corrected chi connectivity index (χ1v) is 46.4. The van der Waals surface area contributed by atoms with Crippen LogP contribution in [0.15, 0.2) is 78.9 Å². The quantitative estimate of drug-likeness (QED) is 0.0389. The zero-order chi connectivity index (χ0) is 103. The number of benzene rings is 3. The van der Waals surface area contributed by atoms with Crippen molar-refractivity contribution in [2.75, 3.05) is 98.2 Å². The molecule has 14 N–H and O–H groups in total. The number of aliphatic hydroxyl groups is 3. The second-order valence-corrected chi connectivity index (χ2v) is 33.3. The third-order valence-electron chi connectivity index (χ3n) is 23.5. The van der Waals surface area contributed by atoms with Crippen LogP contribution in [0.3, 0.4) is 0 Å². The summed E-state index contributed by atoms with van der Waals surface area (Å²) >= 11 is 0. The Hall–Kier alpha value is -13.4. The molecule has 3 aromatic carbocycles. The van der Waals surface area contributed by atoms with E-state index in [4.69, 9.17) is 40.1 Å². The number of ether oxygens (including phenoxy) is 2. The number of carbonyl (C=O) groups is 18. The van der Waals surface area contributed by atoms with Gasteiger partial charge in [-0.15, -0.1) is 0 Å². The molecule has 9 aliphatic rings. The number of hydrogen-bond donors (Lipinski definition) is 14. The first-order valence-electron chi connectivity index (χ1n) is 46.4. The number of piperidine rings is 2. The minimum atomic E-state index is -1.04. The number of aromatic amines is 1. The van der Waals surface area contributed by atoms with Gasteiger partial charge in [-0.25, -0.2) is 28.8 Å². The number of piperazine rings is 2. The van der Waals surface area contributed by atoms with Crippen molar-refractivity contribution in [3.05, 3.63) is 101 Å². The Morgan fingerprint density at radius 3 is 1.15 bits per heavy atom. The van der Waals surface area contributed by atoms with E-state index in [0.717, 1.165) is 111 Å². The fourth-order valence-corrected chi connectivity index (χ4v) is 16.0. The number of nitrogens with zero attached hydrogens (tertiary/aromatic N) is 9. The number of carboxylic acids is 7. The van der Waals surface area contributed by atoms with Crippen LogP contribution < -0.4 is 20.1 Å². The number of hydrogen-bond acceptors (Lipinski definition) is 25. The predicted molar refractivity (Wildman–Crippen MR) is 498 cm³/mol. The van der Waals surface area contributed by atoms with Crippen molar-refractivity contribution in [2.24, 2.45) is 5.92 Å². The van der Waals surface area contributed by atoms with Crippen molar-refractivity contribution in [3.8, 4) is 17.2 Å². The summed E-state index contributed by atoms with van der Waals surface area (Å²) in [4.78, 5) is 216. The first-order chi connectivity index (χ1) is 65.5. The summed E-state index contributed by atoms with van der Waals surface area (Å²) in [6.07, 6.45) is 11.1. The van der Waals surface area contributed by atoms with Crippen molar-refractivity contribution in [1.29, 1.82) is 0 Å². The average Bonchev–Trinajstić information content (AvgIpc) is 1.61. The number of carbonyl (C=O) groups excluding carboxylic acids is 11. The fraction of sp³-hybridized carbons (Fsp3) is 0.558. The molecular formula is C95H134N12O31. The van der Waals surface area contributed by atoms with E-state index in [0.29, 0.717) is 75.9 Å². The molecule has 0 bridgehead atoms.